The van der Waals surface area contributed by atoms with Crippen molar-refractivity contribution in [1.82, 2.24) is 20.6 Å². The number of H-pyrrole nitrogens is 1. The molecule has 24 heavy (non-hydrogen) atoms. The molecule has 0 unspecified atom stereocenters. The topological polar surface area (TPSA) is 102 Å². The third kappa shape index (κ3) is 3.96. The Bertz CT molecular complexity index is 831. The molecule has 0 spiro atoms. The Morgan fingerprint density at radius 1 is 1.08 bits per heavy atom. The van der Waals surface area contributed by atoms with Crippen molar-refractivity contribution >= 4 is 16.9 Å². The largest absolute Gasteiger partial charge is 0.381 e. The number of hydrogen-bond donors (Lipinski definition) is 3. The van der Waals surface area contributed by atoms with Crippen LogP contribution in [0.25, 0.3) is 5.57 Å². The molecule has 0 aliphatic heterocycles. The van der Waals surface area contributed by atoms with Gasteiger partial charge >= 0.3 is 0 Å². The third-order valence-corrected chi connectivity index (χ3v) is 3.31. The van der Waals surface area contributed by atoms with Crippen molar-refractivity contribution in [2.24, 2.45) is 0 Å². The van der Waals surface area contributed by atoms with E-state index in [-0.39, 0.29) is 5.82 Å². The normalized spacial score (nSPS) is 10.9. The number of aromatic nitrogens is 4. The monoisotopic (exact) mass is 317 g/mol. The Balaban J connectivity index is 1.59. The number of anilines is 2. The van der Waals surface area contributed by atoms with Crippen LogP contribution in [-0.2, 0) is 6.54 Å². The third-order valence-electron chi connectivity index (χ3n) is 3.31. The molecule has 3 N–H and O–H groups in total. The summed E-state index contributed by atoms with van der Waals surface area (Å²) >= 11 is 0. The number of hydrogen-bond acceptors (Lipinski definition) is 6. The van der Waals surface area contributed by atoms with Crippen molar-refractivity contribution in [2.75, 3.05) is 10.6 Å². The molecule has 0 amide bonds. The summed E-state index contributed by atoms with van der Waals surface area (Å²) in [5, 5.41) is 28.8. The van der Waals surface area contributed by atoms with Gasteiger partial charge in [-0.1, -0.05) is 30.3 Å². The number of tetrazole rings is 1. The van der Waals surface area contributed by atoms with Crippen LogP contribution >= 0.6 is 0 Å². The molecule has 3 aromatic rings. The molecule has 0 bridgehead atoms. The standard InChI is InChI=1S/C17H15N7/c18-10-14(17-21-23-24-22-17)12-20-16-8-6-15(7-9-16)19-11-13-4-2-1-3-5-13/h1-9,12,19-20H,11H2,(H,21,22,23,24). The molecule has 0 fully saturated rings. The predicted octanol–water partition coefficient (Wildman–Crippen LogP) is 2.79. The van der Waals surface area contributed by atoms with Crippen LogP contribution in [0.1, 0.15) is 11.4 Å². The van der Waals surface area contributed by atoms with E-state index in [4.69, 9.17) is 5.26 Å². The molecule has 0 aliphatic carbocycles. The zero-order chi connectivity index (χ0) is 16.6. The van der Waals surface area contributed by atoms with Crippen molar-refractivity contribution in [3.8, 4) is 6.07 Å². The lowest BCUT2D eigenvalue weighted by Crippen LogP contribution is -1.99. The van der Waals surface area contributed by atoms with Crippen LogP contribution in [-0.4, -0.2) is 20.6 Å². The van der Waals surface area contributed by atoms with Crippen LogP contribution in [0, 0.1) is 11.3 Å². The summed E-state index contributed by atoms with van der Waals surface area (Å²) in [7, 11) is 0. The average molecular weight is 317 g/mol. The van der Waals surface area contributed by atoms with E-state index in [1.807, 2.05) is 48.5 Å². The van der Waals surface area contributed by atoms with Crippen LogP contribution in [0.2, 0.25) is 0 Å². The van der Waals surface area contributed by atoms with Crippen molar-refractivity contribution in [1.29, 1.82) is 5.26 Å². The number of nitrogens with one attached hydrogen (secondary N) is 3. The molecule has 7 nitrogen and oxygen atoms in total. The molecule has 118 valence electrons. The Morgan fingerprint density at radius 2 is 1.83 bits per heavy atom. The Morgan fingerprint density at radius 3 is 2.50 bits per heavy atom. The number of aromatic amines is 1. The SMILES string of the molecule is N#CC(=CNc1ccc(NCc2ccccc2)cc1)c1nn[nH]n1. The maximum atomic E-state index is 9.11. The van der Waals surface area contributed by atoms with E-state index in [1.54, 1.807) is 6.20 Å². The van der Waals surface area contributed by atoms with E-state index in [0.717, 1.165) is 17.9 Å². The molecular formula is C17H15N7. The molecule has 0 aliphatic rings. The number of nitriles is 1. The van der Waals surface area contributed by atoms with Gasteiger partial charge in [0.15, 0.2) is 0 Å². The maximum Gasteiger partial charge on any atom is 0.216 e. The molecule has 0 saturated heterocycles. The van der Waals surface area contributed by atoms with Gasteiger partial charge in [0.05, 0.1) is 0 Å². The Labute approximate surface area is 139 Å². The molecule has 2 aromatic carbocycles. The van der Waals surface area contributed by atoms with E-state index in [1.165, 1.54) is 5.56 Å². The molecule has 7 heteroatoms. The Kier molecular flexibility index (Phi) is 4.80. The van der Waals surface area contributed by atoms with Gasteiger partial charge in [0, 0.05) is 24.1 Å². The van der Waals surface area contributed by atoms with Gasteiger partial charge in [-0.2, -0.15) is 10.5 Å². The molecule has 3 rings (SSSR count). The van der Waals surface area contributed by atoms with Gasteiger partial charge in [-0.3, -0.25) is 0 Å². The zero-order valence-electron chi connectivity index (χ0n) is 12.8. The molecule has 0 saturated carbocycles. The fourth-order valence-electron chi connectivity index (χ4n) is 2.06. The summed E-state index contributed by atoms with van der Waals surface area (Å²) < 4.78 is 0. The molecule has 1 aromatic heterocycles. The quantitative estimate of drug-likeness (QED) is 0.604. The smallest absolute Gasteiger partial charge is 0.216 e. The number of rotatable bonds is 6. The van der Waals surface area contributed by atoms with Gasteiger partial charge in [0.25, 0.3) is 0 Å². The first kappa shape index (κ1) is 15.2. The van der Waals surface area contributed by atoms with E-state index < -0.39 is 0 Å². The highest BCUT2D eigenvalue weighted by Crippen LogP contribution is 2.16. The molecule has 1 heterocycles. The van der Waals surface area contributed by atoms with Gasteiger partial charge in [-0.15, -0.1) is 10.2 Å². The van der Waals surface area contributed by atoms with Crippen LogP contribution in [0.4, 0.5) is 11.4 Å². The average Bonchev–Trinajstić information content (AvgIpc) is 3.17. The number of allylic oxidation sites excluding steroid dienone is 1. The van der Waals surface area contributed by atoms with E-state index in [2.05, 4.69) is 43.4 Å². The van der Waals surface area contributed by atoms with Crippen molar-refractivity contribution in [2.45, 2.75) is 6.54 Å². The molecular weight excluding hydrogens is 302 g/mol. The van der Waals surface area contributed by atoms with Crippen molar-refractivity contribution in [3.05, 3.63) is 72.2 Å². The summed E-state index contributed by atoms with van der Waals surface area (Å²) in [6.07, 6.45) is 1.55. The van der Waals surface area contributed by atoms with Crippen LogP contribution in [0.5, 0.6) is 0 Å². The molecule has 0 atom stereocenters. The van der Waals surface area contributed by atoms with Gasteiger partial charge in [0.2, 0.25) is 5.82 Å². The van der Waals surface area contributed by atoms with Crippen molar-refractivity contribution in [3.63, 3.8) is 0 Å². The summed E-state index contributed by atoms with van der Waals surface area (Å²) in [6.45, 7) is 0.768. The first-order valence-electron chi connectivity index (χ1n) is 7.33. The zero-order valence-corrected chi connectivity index (χ0v) is 12.8. The number of benzene rings is 2. The van der Waals surface area contributed by atoms with Crippen LogP contribution < -0.4 is 10.6 Å². The van der Waals surface area contributed by atoms with E-state index >= 15 is 0 Å². The Hall–Kier alpha value is -3.66. The van der Waals surface area contributed by atoms with Gasteiger partial charge in [0.1, 0.15) is 11.6 Å². The summed E-state index contributed by atoms with van der Waals surface area (Å²) in [5.41, 5.74) is 3.40. The van der Waals surface area contributed by atoms with Gasteiger partial charge < -0.3 is 10.6 Å². The number of nitrogens with zero attached hydrogens (tertiary/aromatic N) is 4. The first-order valence-corrected chi connectivity index (χ1v) is 7.33. The minimum Gasteiger partial charge on any atom is -0.381 e. The van der Waals surface area contributed by atoms with Crippen LogP contribution in [0.3, 0.4) is 0 Å². The maximum absolute atomic E-state index is 9.11. The van der Waals surface area contributed by atoms with Crippen molar-refractivity contribution < 1.29 is 0 Å². The minimum absolute atomic E-state index is 0.256. The van der Waals surface area contributed by atoms with E-state index in [0.29, 0.717) is 5.57 Å². The highest BCUT2D eigenvalue weighted by Gasteiger charge is 2.05. The van der Waals surface area contributed by atoms with Gasteiger partial charge in [-0.25, -0.2) is 0 Å². The fourth-order valence-corrected chi connectivity index (χ4v) is 2.06. The minimum atomic E-state index is 0.256. The van der Waals surface area contributed by atoms with Crippen LogP contribution in [0.15, 0.2) is 60.8 Å². The lowest BCUT2D eigenvalue weighted by Gasteiger charge is -2.08. The second-order valence-corrected chi connectivity index (χ2v) is 4.97. The second kappa shape index (κ2) is 7.56. The first-order chi connectivity index (χ1) is 11.8. The lowest BCUT2D eigenvalue weighted by molar-refractivity contribution is 0.881. The predicted molar refractivity (Wildman–Crippen MR) is 91.6 cm³/mol. The van der Waals surface area contributed by atoms with Gasteiger partial charge in [-0.05, 0) is 35.0 Å². The molecule has 0 radical (unpaired) electrons. The summed E-state index contributed by atoms with van der Waals surface area (Å²) in [6, 6.07) is 20.0. The van der Waals surface area contributed by atoms with E-state index in [9.17, 15) is 0 Å². The summed E-state index contributed by atoms with van der Waals surface area (Å²) in [5.74, 6) is 0.256. The fraction of sp³-hybridized carbons (Fsp3) is 0.0588. The summed E-state index contributed by atoms with van der Waals surface area (Å²) in [4.78, 5) is 0. The second-order valence-electron chi connectivity index (χ2n) is 4.97. The highest BCUT2D eigenvalue weighted by molar-refractivity contribution is 5.74. The highest BCUT2D eigenvalue weighted by atomic mass is 15.5. The lowest BCUT2D eigenvalue weighted by atomic mass is 10.2.